The van der Waals surface area contributed by atoms with Gasteiger partial charge in [-0.25, -0.2) is 9.50 Å². The SMILES string of the molecule is CC(C)c1nn2c(CO)c(-c3ccco3)nc2s1. The zero-order valence-electron chi connectivity index (χ0n) is 10.1. The second-order valence-electron chi connectivity index (χ2n) is 4.33. The fourth-order valence-corrected chi connectivity index (χ4v) is 2.71. The van der Waals surface area contributed by atoms with Crippen molar-refractivity contribution in [3.8, 4) is 11.5 Å². The van der Waals surface area contributed by atoms with Gasteiger partial charge in [0.15, 0.2) is 5.76 Å². The smallest absolute Gasteiger partial charge is 0.213 e. The number of hydrogen-bond donors (Lipinski definition) is 1. The van der Waals surface area contributed by atoms with E-state index >= 15 is 0 Å². The van der Waals surface area contributed by atoms with E-state index in [9.17, 15) is 5.11 Å². The first-order chi connectivity index (χ1) is 8.70. The van der Waals surface area contributed by atoms with Crippen molar-refractivity contribution in [2.24, 2.45) is 0 Å². The lowest BCUT2D eigenvalue weighted by molar-refractivity contribution is 0.274. The fraction of sp³-hybridized carbons (Fsp3) is 0.333. The molecule has 18 heavy (non-hydrogen) atoms. The molecular formula is C12H13N3O2S. The molecule has 0 radical (unpaired) electrons. The van der Waals surface area contributed by atoms with Crippen molar-refractivity contribution in [3.63, 3.8) is 0 Å². The van der Waals surface area contributed by atoms with Crippen LogP contribution >= 0.6 is 11.3 Å². The molecule has 3 aromatic heterocycles. The summed E-state index contributed by atoms with van der Waals surface area (Å²) in [6, 6.07) is 3.63. The standard InChI is InChI=1S/C12H13N3O2S/c1-7(2)11-14-15-8(6-16)10(13-12(15)18-11)9-4-3-5-17-9/h3-5,7,16H,6H2,1-2H3. The van der Waals surface area contributed by atoms with E-state index in [-0.39, 0.29) is 6.61 Å². The summed E-state index contributed by atoms with van der Waals surface area (Å²) in [5.41, 5.74) is 1.33. The van der Waals surface area contributed by atoms with E-state index in [2.05, 4.69) is 23.9 Å². The van der Waals surface area contributed by atoms with Crippen LogP contribution in [0.25, 0.3) is 16.4 Å². The Kier molecular flexibility index (Phi) is 2.68. The molecule has 0 aliphatic heterocycles. The van der Waals surface area contributed by atoms with Crippen molar-refractivity contribution in [3.05, 3.63) is 29.1 Å². The predicted molar refractivity (Wildman–Crippen MR) is 68.6 cm³/mol. The van der Waals surface area contributed by atoms with Crippen molar-refractivity contribution in [2.45, 2.75) is 26.4 Å². The third kappa shape index (κ3) is 1.65. The van der Waals surface area contributed by atoms with Crippen LogP contribution in [0.1, 0.15) is 30.5 Å². The summed E-state index contributed by atoms with van der Waals surface area (Å²) in [5, 5.41) is 15.0. The lowest BCUT2D eigenvalue weighted by Gasteiger charge is -1.98. The summed E-state index contributed by atoms with van der Waals surface area (Å²) in [5.74, 6) is 1.01. The third-order valence-electron chi connectivity index (χ3n) is 2.71. The predicted octanol–water partition coefficient (Wildman–Crippen LogP) is 2.67. The second kappa shape index (κ2) is 4.22. The third-order valence-corrected chi connectivity index (χ3v) is 3.92. The summed E-state index contributed by atoms with van der Waals surface area (Å²) < 4.78 is 7.03. The molecule has 94 valence electrons. The molecule has 0 fully saturated rings. The largest absolute Gasteiger partial charge is 0.463 e. The maximum Gasteiger partial charge on any atom is 0.213 e. The summed E-state index contributed by atoms with van der Waals surface area (Å²) in [4.78, 5) is 5.28. The molecular weight excluding hydrogens is 250 g/mol. The van der Waals surface area contributed by atoms with Crippen LogP contribution in [-0.4, -0.2) is 19.7 Å². The normalized spacial score (nSPS) is 11.8. The van der Waals surface area contributed by atoms with Crippen molar-refractivity contribution >= 4 is 16.3 Å². The minimum atomic E-state index is -0.113. The molecule has 5 nitrogen and oxygen atoms in total. The van der Waals surface area contributed by atoms with Gasteiger partial charge in [-0.05, 0) is 12.1 Å². The van der Waals surface area contributed by atoms with Gasteiger partial charge >= 0.3 is 0 Å². The monoisotopic (exact) mass is 263 g/mol. The van der Waals surface area contributed by atoms with E-state index in [0.717, 1.165) is 9.97 Å². The first kappa shape index (κ1) is 11.4. The number of hydrogen-bond acceptors (Lipinski definition) is 5. The van der Waals surface area contributed by atoms with Crippen LogP contribution in [0.15, 0.2) is 22.8 Å². The van der Waals surface area contributed by atoms with E-state index in [4.69, 9.17) is 4.42 Å². The highest BCUT2D eigenvalue weighted by atomic mass is 32.1. The summed E-state index contributed by atoms with van der Waals surface area (Å²) in [7, 11) is 0. The Morgan fingerprint density at radius 2 is 2.33 bits per heavy atom. The topological polar surface area (TPSA) is 63.6 Å². The number of aliphatic hydroxyl groups is 1. The van der Waals surface area contributed by atoms with Gasteiger partial charge < -0.3 is 9.52 Å². The Labute approximate surface area is 108 Å². The molecule has 0 amide bonds. The summed E-state index contributed by atoms with van der Waals surface area (Å²) in [6.45, 7) is 4.06. The van der Waals surface area contributed by atoms with Gasteiger partial charge in [0, 0.05) is 5.92 Å². The summed E-state index contributed by atoms with van der Waals surface area (Å²) >= 11 is 1.54. The van der Waals surface area contributed by atoms with Crippen molar-refractivity contribution in [2.75, 3.05) is 0 Å². The minimum absolute atomic E-state index is 0.113. The Balaban J connectivity index is 2.20. The molecule has 3 rings (SSSR count). The molecule has 0 spiro atoms. The van der Waals surface area contributed by atoms with E-state index in [1.165, 1.54) is 0 Å². The molecule has 3 aromatic rings. The molecule has 0 bridgehead atoms. The van der Waals surface area contributed by atoms with Gasteiger partial charge in [-0.1, -0.05) is 25.2 Å². The maximum absolute atomic E-state index is 9.51. The molecule has 0 aliphatic rings. The Hall–Kier alpha value is -1.66. The van der Waals surface area contributed by atoms with Crippen LogP contribution < -0.4 is 0 Å². The highest BCUT2D eigenvalue weighted by Crippen LogP contribution is 2.29. The number of rotatable bonds is 3. The fourth-order valence-electron chi connectivity index (χ4n) is 1.79. The van der Waals surface area contributed by atoms with Gasteiger partial charge in [0.2, 0.25) is 4.96 Å². The number of nitrogens with zero attached hydrogens (tertiary/aromatic N) is 3. The Morgan fingerprint density at radius 3 is 2.94 bits per heavy atom. The van der Waals surface area contributed by atoms with Gasteiger partial charge in [-0.2, -0.15) is 5.10 Å². The first-order valence-electron chi connectivity index (χ1n) is 5.73. The van der Waals surface area contributed by atoms with Gasteiger partial charge in [0.05, 0.1) is 12.9 Å². The molecule has 0 unspecified atom stereocenters. The molecule has 1 N–H and O–H groups in total. The van der Waals surface area contributed by atoms with Crippen LogP contribution in [0.4, 0.5) is 0 Å². The van der Waals surface area contributed by atoms with Gasteiger partial charge in [-0.15, -0.1) is 0 Å². The van der Waals surface area contributed by atoms with Crippen LogP contribution in [0, 0.1) is 0 Å². The molecule has 0 aliphatic carbocycles. The number of aromatic nitrogens is 3. The Bertz CT molecular complexity index is 667. The van der Waals surface area contributed by atoms with Crippen molar-refractivity contribution < 1.29 is 9.52 Å². The average molecular weight is 263 g/mol. The van der Waals surface area contributed by atoms with Crippen LogP contribution in [0.2, 0.25) is 0 Å². The Morgan fingerprint density at radius 1 is 1.50 bits per heavy atom. The zero-order valence-corrected chi connectivity index (χ0v) is 10.9. The first-order valence-corrected chi connectivity index (χ1v) is 6.55. The van der Waals surface area contributed by atoms with Gasteiger partial charge in [0.25, 0.3) is 0 Å². The van der Waals surface area contributed by atoms with E-state index in [1.54, 1.807) is 28.2 Å². The van der Waals surface area contributed by atoms with Crippen LogP contribution in [0.3, 0.4) is 0 Å². The number of aliphatic hydroxyl groups excluding tert-OH is 1. The van der Waals surface area contributed by atoms with Gasteiger partial charge in [0.1, 0.15) is 16.4 Å². The highest BCUT2D eigenvalue weighted by molar-refractivity contribution is 7.16. The lowest BCUT2D eigenvalue weighted by atomic mass is 10.2. The highest BCUT2D eigenvalue weighted by Gasteiger charge is 2.19. The van der Waals surface area contributed by atoms with Crippen LogP contribution in [-0.2, 0) is 6.61 Å². The molecule has 0 aromatic carbocycles. The maximum atomic E-state index is 9.51. The minimum Gasteiger partial charge on any atom is -0.463 e. The lowest BCUT2D eigenvalue weighted by Crippen LogP contribution is -1.97. The molecule has 0 saturated carbocycles. The van der Waals surface area contributed by atoms with Crippen LogP contribution in [0.5, 0.6) is 0 Å². The van der Waals surface area contributed by atoms with Gasteiger partial charge in [-0.3, -0.25) is 0 Å². The molecule has 6 heteroatoms. The van der Waals surface area contributed by atoms with Crippen molar-refractivity contribution in [1.82, 2.24) is 14.6 Å². The number of furan rings is 1. The number of imidazole rings is 1. The van der Waals surface area contributed by atoms with E-state index in [0.29, 0.717) is 23.1 Å². The quantitative estimate of drug-likeness (QED) is 0.789. The summed E-state index contributed by atoms with van der Waals surface area (Å²) in [6.07, 6.45) is 1.59. The average Bonchev–Trinajstić information content (AvgIpc) is 3.03. The number of fused-ring (bicyclic) bond motifs is 1. The second-order valence-corrected chi connectivity index (χ2v) is 5.32. The van der Waals surface area contributed by atoms with E-state index < -0.39 is 0 Å². The zero-order chi connectivity index (χ0) is 12.7. The molecule has 0 atom stereocenters. The molecule has 0 saturated heterocycles. The van der Waals surface area contributed by atoms with Crippen molar-refractivity contribution in [1.29, 1.82) is 0 Å². The molecule has 3 heterocycles. The van der Waals surface area contributed by atoms with E-state index in [1.807, 2.05) is 6.07 Å².